The standard InChI is InChI=1S/C25H21F2NO3/c1-2-3-4-15-30-21-12-9-18(10-13-21)17-5-7-19(8-6-17)25(29)31-22-14-11-20(16-28)23(26)24(22)27/h5-14H,2-4,15H2,1H3. The second-order valence-corrected chi connectivity index (χ2v) is 6.90. The van der Waals surface area contributed by atoms with Crippen LogP contribution in [0.4, 0.5) is 8.78 Å². The first-order chi connectivity index (χ1) is 15.0. The summed E-state index contributed by atoms with van der Waals surface area (Å²) in [7, 11) is 0. The van der Waals surface area contributed by atoms with Crippen LogP contribution in [0.15, 0.2) is 60.7 Å². The van der Waals surface area contributed by atoms with Crippen molar-refractivity contribution in [1.29, 1.82) is 5.26 Å². The molecule has 0 radical (unpaired) electrons. The fraction of sp³-hybridized carbons (Fsp3) is 0.200. The average Bonchev–Trinajstić information content (AvgIpc) is 2.80. The summed E-state index contributed by atoms with van der Waals surface area (Å²) >= 11 is 0. The largest absolute Gasteiger partial charge is 0.494 e. The summed E-state index contributed by atoms with van der Waals surface area (Å²) in [6.07, 6.45) is 3.31. The molecule has 3 rings (SSSR count). The van der Waals surface area contributed by atoms with E-state index in [0.717, 1.165) is 48.3 Å². The van der Waals surface area contributed by atoms with Gasteiger partial charge in [0.2, 0.25) is 5.82 Å². The number of unbranched alkanes of at least 4 members (excludes halogenated alkanes) is 2. The van der Waals surface area contributed by atoms with Crippen LogP contribution in [-0.2, 0) is 0 Å². The molecule has 0 saturated carbocycles. The van der Waals surface area contributed by atoms with Gasteiger partial charge in [0, 0.05) is 0 Å². The highest BCUT2D eigenvalue weighted by Crippen LogP contribution is 2.25. The zero-order chi connectivity index (χ0) is 22.2. The summed E-state index contributed by atoms with van der Waals surface area (Å²) in [6.45, 7) is 2.83. The Kier molecular flexibility index (Phi) is 7.34. The molecule has 0 aliphatic rings. The van der Waals surface area contributed by atoms with Crippen LogP contribution in [-0.4, -0.2) is 12.6 Å². The van der Waals surface area contributed by atoms with Crippen molar-refractivity contribution in [2.45, 2.75) is 26.2 Å². The van der Waals surface area contributed by atoms with Gasteiger partial charge in [0.05, 0.1) is 17.7 Å². The maximum absolute atomic E-state index is 13.9. The molecule has 0 spiro atoms. The summed E-state index contributed by atoms with van der Waals surface area (Å²) in [6, 6.07) is 17.8. The minimum atomic E-state index is -1.37. The van der Waals surface area contributed by atoms with E-state index in [4.69, 9.17) is 14.7 Å². The van der Waals surface area contributed by atoms with E-state index in [0.29, 0.717) is 6.61 Å². The van der Waals surface area contributed by atoms with Gasteiger partial charge in [-0.2, -0.15) is 9.65 Å². The van der Waals surface area contributed by atoms with Crippen molar-refractivity contribution in [3.63, 3.8) is 0 Å². The number of esters is 1. The van der Waals surface area contributed by atoms with Crippen molar-refractivity contribution in [3.05, 3.63) is 83.4 Å². The number of hydrogen-bond acceptors (Lipinski definition) is 4. The Morgan fingerprint density at radius 2 is 1.55 bits per heavy atom. The fourth-order valence-electron chi connectivity index (χ4n) is 2.94. The molecule has 0 saturated heterocycles. The van der Waals surface area contributed by atoms with Crippen molar-refractivity contribution in [2.24, 2.45) is 0 Å². The van der Waals surface area contributed by atoms with Crippen LogP contribution in [0.5, 0.6) is 11.5 Å². The van der Waals surface area contributed by atoms with Gasteiger partial charge >= 0.3 is 5.97 Å². The Morgan fingerprint density at radius 1 is 0.903 bits per heavy atom. The fourth-order valence-corrected chi connectivity index (χ4v) is 2.94. The van der Waals surface area contributed by atoms with Gasteiger partial charge in [-0.05, 0) is 53.9 Å². The summed E-state index contributed by atoms with van der Waals surface area (Å²) in [5, 5.41) is 8.72. The van der Waals surface area contributed by atoms with E-state index in [1.54, 1.807) is 24.3 Å². The average molecular weight is 421 g/mol. The number of rotatable bonds is 8. The molecule has 0 N–H and O–H groups in total. The molecule has 0 heterocycles. The molecule has 0 atom stereocenters. The summed E-state index contributed by atoms with van der Waals surface area (Å²) < 4.78 is 38.3. The first-order valence-corrected chi connectivity index (χ1v) is 9.97. The molecule has 3 aromatic carbocycles. The Bertz CT molecular complexity index is 1090. The van der Waals surface area contributed by atoms with E-state index in [1.165, 1.54) is 6.07 Å². The number of benzene rings is 3. The van der Waals surface area contributed by atoms with Crippen molar-refractivity contribution < 1.29 is 23.0 Å². The molecule has 0 unspecified atom stereocenters. The summed E-state index contributed by atoms with van der Waals surface area (Å²) in [5.41, 5.74) is 1.55. The second-order valence-electron chi connectivity index (χ2n) is 6.90. The van der Waals surface area contributed by atoms with Crippen LogP contribution in [0, 0.1) is 23.0 Å². The SMILES string of the molecule is CCCCCOc1ccc(-c2ccc(C(=O)Oc3ccc(C#N)c(F)c3F)cc2)cc1. The molecule has 31 heavy (non-hydrogen) atoms. The number of ether oxygens (including phenoxy) is 2. The number of nitriles is 1. The van der Waals surface area contributed by atoms with Crippen LogP contribution in [0.2, 0.25) is 0 Å². The van der Waals surface area contributed by atoms with Crippen LogP contribution in [0.25, 0.3) is 11.1 Å². The van der Waals surface area contributed by atoms with Gasteiger partial charge in [0.1, 0.15) is 11.8 Å². The quantitative estimate of drug-likeness (QED) is 0.244. The van der Waals surface area contributed by atoms with E-state index in [1.807, 2.05) is 24.3 Å². The molecular formula is C25H21F2NO3. The highest BCUT2D eigenvalue weighted by molar-refractivity contribution is 5.91. The maximum atomic E-state index is 13.9. The predicted octanol–water partition coefficient (Wildman–Crippen LogP) is 6.29. The molecule has 0 fully saturated rings. The molecule has 6 heteroatoms. The molecule has 0 aliphatic carbocycles. The lowest BCUT2D eigenvalue weighted by molar-refractivity contribution is 0.0726. The van der Waals surface area contributed by atoms with Gasteiger partial charge in [0.15, 0.2) is 11.6 Å². The lowest BCUT2D eigenvalue weighted by Gasteiger charge is -2.09. The number of nitrogens with zero attached hydrogens (tertiary/aromatic N) is 1. The highest BCUT2D eigenvalue weighted by atomic mass is 19.2. The van der Waals surface area contributed by atoms with E-state index in [9.17, 15) is 13.6 Å². The zero-order valence-corrected chi connectivity index (χ0v) is 17.0. The summed E-state index contributed by atoms with van der Waals surface area (Å²) in [5.74, 6) is -3.32. The molecule has 4 nitrogen and oxygen atoms in total. The minimum absolute atomic E-state index is 0.184. The number of halogens is 2. The minimum Gasteiger partial charge on any atom is -0.494 e. The Balaban J connectivity index is 1.65. The monoisotopic (exact) mass is 421 g/mol. The van der Waals surface area contributed by atoms with Crippen molar-refractivity contribution in [1.82, 2.24) is 0 Å². The Morgan fingerprint density at radius 3 is 2.16 bits per heavy atom. The lowest BCUT2D eigenvalue weighted by atomic mass is 10.0. The summed E-state index contributed by atoms with van der Waals surface area (Å²) in [4.78, 5) is 12.3. The van der Waals surface area contributed by atoms with Gasteiger partial charge in [-0.25, -0.2) is 9.18 Å². The van der Waals surface area contributed by atoms with Gasteiger partial charge < -0.3 is 9.47 Å². The van der Waals surface area contributed by atoms with Gasteiger partial charge in [-0.1, -0.05) is 44.0 Å². The second kappa shape index (κ2) is 10.4. The van der Waals surface area contributed by atoms with E-state index < -0.39 is 28.9 Å². The number of carbonyl (C=O) groups excluding carboxylic acids is 1. The number of hydrogen-bond donors (Lipinski definition) is 0. The van der Waals surface area contributed by atoms with Crippen LogP contribution < -0.4 is 9.47 Å². The third-order valence-electron chi connectivity index (χ3n) is 4.69. The normalized spacial score (nSPS) is 10.4. The van der Waals surface area contributed by atoms with Crippen molar-refractivity contribution in [2.75, 3.05) is 6.61 Å². The first-order valence-electron chi connectivity index (χ1n) is 9.97. The Hall–Kier alpha value is -3.72. The topological polar surface area (TPSA) is 59.3 Å². The van der Waals surface area contributed by atoms with Gasteiger partial charge in [-0.15, -0.1) is 0 Å². The lowest BCUT2D eigenvalue weighted by Crippen LogP contribution is -2.10. The van der Waals surface area contributed by atoms with Crippen molar-refractivity contribution in [3.8, 4) is 28.7 Å². The molecular weight excluding hydrogens is 400 g/mol. The molecule has 158 valence electrons. The third-order valence-corrected chi connectivity index (χ3v) is 4.69. The van der Waals surface area contributed by atoms with E-state index in [-0.39, 0.29) is 5.56 Å². The predicted molar refractivity (Wildman–Crippen MR) is 113 cm³/mol. The molecule has 0 aromatic heterocycles. The molecule has 0 aliphatic heterocycles. The van der Waals surface area contributed by atoms with E-state index in [2.05, 4.69) is 6.92 Å². The maximum Gasteiger partial charge on any atom is 0.343 e. The first kappa shape index (κ1) is 22.0. The number of carbonyl (C=O) groups is 1. The van der Waals surface area contributed by atoms with Crippen LogP contribution in [0.1, 0.15) is 42.1 Å². The Labute approximate surface area is 179 Å². The van der Waals surface area contributed by atoms with Gasteiger partial charge in [-0.3, -0.25) is 0 Å². The van der Waals surface area contributed by atoms with Gasteiger partial charge in [0.25, 0.3) is 0 Å². The molecule has 0 bridgehead atoms. The van der Waals surface area contributed by atoms with Crippen LogP contribution in [0.3, 0.4) is 0 Å². The molecule has 0 amide bonds. The van der Waals surface area contributed by atoms with Crippen molar-refractivity contribution >= 4 is 5.97 Å². The molecule has 3 aromatic rings. The zero-order valence-electron chi connectivity index (χ0n) is 17.0. The third kappa shape index (κ3) is 5.46. The smallest absolute Gasteiger partial charge is 0.343 e. The highest BCUT2D eigenvalue weighted by Gasteiger charge is 2.18. The van der Waals surface area contributed by atoms with E-state index >= 15 is 0 Å². The van der Waals surface area contributed by atoms with Crippen LogP contribution >= 0.6 is 0 Å².